The molecule has 0 saturated heterocycles. The number of nitrogens with one attached hydrogen (secondary N) is 1. The van der Waals surface area contributed by atoms with Crippen LogP contribution in [0.5, 0.6) is 0 Å². The van der Waals surface area contributed by atoms with Crippen LogP contribution in [0.3, 0.4) is 0 Å². The van der Waals surface area contributed by atoms with Gasteiger partial charge in [0.05, 0.1) is 5.92 Å². The molecule has 0 radical (unpaired) electrons. The predicted octanol–water partition coefficient (Wildman–Crippen LogP) is 1.95. The Labute approximate surface area is 95.5 Å². The van der Waals surface area contributed by atoms with Crippen LogP contribution in [0, 0.1) is 12.8 Å². The zero-order valence-corrected chi connectivity index (χ0v) is 9.44. The van der Waals surface area contributed by atoms with E-state index >= 15 is 0 Å². The first-order valence-corrected chi connectivity index (χ1v) is 5.69. The van der Waals surface area contributed by atoms with Crippen molar-refractivity contribution < 1.29 is 9.90 Å². The van der Waals surface area contributed by atoms with E-state index in [4.69, 9.17) is 5.11 Å². The lowest BCUT2D eigenvalue weighted by Crippen LogP contribution is -2.47. The number of hydrogen-bond acceptors (Lipinski definition) is 2. The van der Waals surface area contributed by atoms with Gasteiger partial charge in [-0.2, -0.15) is 0 Å². The van der Waals surface area contributed by atoms with Crippen LogP contribution in [-0.4, -0.2) is 17.1 Å². The number of carboxylic acids is 1. The quantitative estimate of drug-likeness (QED) is 0.813. The summed E-state index contributed by atoms with van der Waals surface area (Å²) in [5.41, 5.74) is 2.50. The standard InChI is InChI=1S/C13H17NO2/c1-9-4-2-3-5-10(9)8-14-12-7-6-11(12)13(15)16/h2-5,11-12,14H,6-8H2,1H3,(H,15,16). The highest BCUT2D eigenvalue weighted by molar-refractivity contribution is 5.72. The van der Waals surface area contributed by atoms with Crippen molar-refractivity contribution in [2.75, 3.05) is 0 Å². The molecule has 1 aliphatic rings. The smallest absolute Gasteiger partial charge is 0.308 e. The normalized spacial score (nSPS) is 23.8. The number of aryl methyl sites for hydroxylation is 1. The number of carbonyl (C=O) groups is 1. The number of rotatable bonds is 4. The van der Waals surface area contributed by atoms with E-state index in [2.05, 4.69) is 24.4 Å². The monoisotopic (exact) mass is 219 g/mol. The molecule has 0 amide bonds. The largest absolute Gasteiger partial charge is 0.481 e. The van der Waals surface area contributed by atoms with Crippen molar-refractivity contribution in [1.82, 2.24) is 5.32 Å². The fourth-order valence-corrected chi connectivity index (χ4v) is 2.09. The topological polar surface area (TPSA) is 49.3 Å². The lowest BCUT2D eigenvalue weighted by atomic mass is 9.79. The van der Waals surface area contributed by atoms with Gasteiger partial charge in [0, 0.05) is 12.6 Å². The lowest BCUT2D eigenvalue weighted by Gasteiger charge is -2.34. The van der Waals surface area contributed by atoms with E-state index in [1.54, 1.807) is 0 Å². The number of benzene rings is 1. The average molecular weight is 219 g/mol. The van der Waals surface area contributed by atoms with Crippen LogP contribution in [0.25, 0.3) is 0 Å². The lowest BCUT2D eigenvalue weighted by molar-refractivity contribution is -0.146. The maximum absolute atomic E-state index is 10.8. The number of carboxylic acid groups (broad SMARTS) is 1. The van der Waals surface area contributed by atoms with E-state index in [0.29, 0.717) is 0 Å². The summed E-state index contributed by atoms with van der Waals surface area (Å²) in [6.45, 7) is 2.84. The highest BCUT2D eigenvalue weighted by Crippen LogP contribution is 2.27. The predicted molar refractivity (Wildman–Crippen MR) is 62.2 cm³/mol. The fourth-order valence-electron chi connectivity index (χ4n) is 2.09. The zero-order chi connectivity index (χ0) is 11.5. The Hall–Kier alpha value is -1.35. The van der Waals surface area contributed by atoms with E-state index in [1.165, 1.54) is 11.1 Å². The van der Waals surface area contributed by atoms with E-state index in [-0.39, 0.29) is 12.0 Å². The second kappa shape index (κ2) is 4.66. The molecule has 3 nitrogen and oxygen atoms in total. The minimum atomic E-state index is -0.673. The van der Waals surface area contributed by atoms with Gasteiger partial charge in [0.2, 0.25) is 0 Å². The van der Waals surface area contributed by atoms with E-state index in [0.717, 1.165) is 19.4 Å². The summed E-state index contributed by atoms with van der Waals surface area (Å²) in [6, 6.07) is 8.34. The van der Waals surface area contributed by atoms with Gasteiger partial charge in [0.1, 0.15) is 0 Å². The second-order valence-electron chi connectivity index (χ2n) is 4.44. The van der Waals surface area contributed by atoms with Gasteiger partial charge in [-0.3, -0.25) is 4.79 Å². The van der Waals surface area contributed by atoms with Crippen molar-refractivity contribution in [2.45, 2.75) is 32.4 Å². The van der Waals surface area contributed by atoms with Gasteiger partial charge in [-0.15, -0.1) is 0 Å². The Morgan fingerprint density at radius 1 is 1.44 bits per heavy atom. The fraction of sp³-hybridized carbons (Fsp3) is 0.462. The van der Waals surface area contributed by atoms with Crippen molar-refractivity contribution in [3.8, 4) is 0 Å². The van der Waals surface area contributed by atoms with Crippen molar-refractivity contribution in [3.05, 3.63) is 35.4 Å². The molecule has 0 aliphatic heterocycles. The van der Waals surface area contributed by atoms with Gasteiger partial charge in [-0.05, 0) is 30.9 Å². The Balaban J connectivity index is 1.89. The summed E-state index contributed by atoms with van der Waals surface area (Å²) in [5, 5.41) is 12.2. The third-order valence-electron chi connectivity index (χ3n) is 3.41. The molecular weight excluding hydrogens is 202 g/mol. The van der Waals surface area contributed by atoms with Crippen LogP contribution in [0.4, 0.5) is 0 Å². The van der Waals surface area contributed by atoms with Crippen LogP contribution < -0.4 is 5.32 Å². The third kappa shape index (κ3) is 2.25. The maximum atomic E-state index is 10.8. The molecule has 2 rings (SSSR count). The maximum Gasteiger partial charge on any atom is 0.308 e. The molecule has 1 aliphatic carbocycles. The van der Waals surface area contributed by atoms with Crippen LogP contribution >= 0.6 is 0 Å². The first-order valence-electron chi connectivity index (χ1n) is 5.69. The van der Waals surface area contributed by atoms with Gasteiger partial charge in [-0.1, -0.05) is 24.3 Å². The van der Waals surface area contributed by atoms with E-state index in [9.17, 15) is 4.79 Å². The molecule has 0 bridgehead atoms. The molecule has 16 heavy (non-hydrogen) atoms. The average Bonchev–Trinajstić information content (AvgIpc) is 2.18. The molecule has 3 heteroatoms. The van der Waals surface area contributed by atoms with Gasteiger partial charge >= 0.3 is 5.97 Å². The van der Waals surface area contributed by atoms with Gasteiger partial charge in [0.25, 0.3) is 0 Å². The second-order valence-corrected chi connectivity index (χ2v) is 4.44. The molecule has 0 spiro atoms. The van der Waals surface area contributed by atoms with Crippen LogP contribution in [0.1, 0.15) is 24.0 Å². The molecule has 1 saturated carbocycles. The summed E-state index contributed by atoms with van der Waals surface area (Å²) in [7, 11) is 0. The van der Waals surface area contributed by atoms with Crippen molar-refractivity contribution in [1.29, 1.82) is 0 Å². The summed E-state index contributed by atoms with van der Waals surface area (Å²) in [4.78, 5) is 10.8. The zero-order valence-electron chi connectivity index (χ0n) is 9.44. The molecule has 0 heterocycles. The Bertz CT molecular complexity index is 389. The Kier molecular flexibility index (Phi) is 3.25. The third-order valence-corrected chi connectivity index (χ3v) is 3.41. The SMILES string of the molecule is Cc1ccccc1CNC1CCC1C(=O)O. The minimum absolute atomic E-state index is 0.150. The van der Waals surface area contributed by atoms with E-state index in [1.807, 2.05) is 12.1 Å². The summed E-state index contributed by atoms with van der Waals surface area (Å²) < 4.78 is 0. The first kappa shape index (κ1) is 11.1. The number of aliphatic carboxylic acids is 1. The summed E-state index contributed by atoms with van der Waals surface area (Å²) in [5.74, 6) is -0.863. The van der Waals surface area contributed by atoms with Crippen LogP contribution in [0.2, 0.25) is 0 Å². The summed E-state index contributed by atoms with van der Waals surface area (Å²) in [6.07, 6.45) is 1.78. The molecule has 1 fully saturated rings. The van der Waals surface area contributed by atoms with Gasteiger partial charge < -0.3 is 10.4 Å². The van der Waals surface area contributed by atoms with E-state index < -0.39 is 5.97 Å². The molecule has 2 atom stereocenters. The molecular formula is C13H17NO2. The molecule has 86 valence electrons. The Morgan fingerprint density at radius 2 is 2.19 bits per heavy atom. The highest BCUT2D eigenvalue weighted by atomic mass is 16.4. The van der Waals surface area contributed by atoms with Crippen molar-refractivity contribution in [3.63, 3.8) is 0 Å². The highest BCUT2D eigenvalue weighted by Gasteiger charge is 2.35. The van der Waals surface area contributed by atoms with Crippen LogP contribution in [-0.2, 0) is 11.3 Å². The number of hydrogen-bond donors (Lipinski definition) is 2. The van der Waals surface area contributed by atoms with Gasteiger partial charge in [0.15, 0.2) is 0 Å². The Morgan fingerprint density at radius 3 is 2.75 bits per heavy atom. The first-order chi connectivity index (χ1) is 7.68. The summed E-state index contributed by atoms with van der Waals surface area (Å²) >= 11 is 0. The van der Waals surface area contributed by atoms with Crippen LogP contribution in [0.15, 0.2) is 24.3 Å². The minimum Gasteiger partial charge on any atom is -0.481 e. The molecule has 0 aromatic heterocycles. The molecule has 1 aromatic rings. The molecule has 2 unspecified atom stereocenters. The van der Waals surface area contributed by atoms with Gasteiger partial charge in [-0.25, -0.2) is 0 Å². The molecule has 1 aromatic carbocycles. The van der Waals surface area contributed by atoms with Crippen molar-refractivity contribution in [2.24, 2.45) is 5.92 Å². The van der Waals surface area contributed by atoms with Crippen molar-refractivity contribution >= 4 is 5.97 Å². The molecule has 2 N–H and O–H groups in total.